The van der Waals surface area contributed by atoms with Gasteiger partial charge in [0.15, 0.2) is 0 Å². The number of anilines is 7. The molecular formula is C46H57BrN10O5S. The Morgan fingerprint density at radius 2 is 1.48 bits per heavy atom. The number of piperidine rings is 3. The number of aromatic nitrogens is 2. The van der Waals surface area contributed by atoms with Gasteiger partial charge in [0.05, 0.1) is 40.8 Å². The van der Waals surface area contributed by atoms with Crippen molar-refractivity contribution < 1.29 is 22.7 Å². The average molecular weight is 942 g/mol. The zero-order chi connectivity index (χ0) is 43.8. The third-order valence-corrected chi connectivity index (χ3v) is 15.4. The first-order chi connectivity index (χ1) is 30.4. The summed E-state index contributed by atoms with van der Waals surface area (Å²) in [5.74, 6) is 0.971. The fourth-order valence-corrected chi connectivity index (χ4v) is 11.5. The highest BCUT2D eigenvalue weighted by atomic mass is 79.9. The van der Waals surface area contributed by atoms with Gasteiger partial charge in [-0.3, -0.25) is 29.0 Å². The average Bonchev–Trinajstić information content (AvgIpc) is 3.75. The topological polar surface area (TPSA) is 156 Å². The van der Waals surface area contributed by atoms with E-state index in [9.17, 15) is 18.0 Å². The van der Waals surface area contributed by atoms with E-state index in [-0.39, 0.29) is 17.7 Å². The van der Waals surface area contributed by atoms with Gasteiger partial charge in [0.2, 0.25) is 27.8 Å². The molecule has 0 aliphatic carbocycles. The van der Waals surface area contributed by atoms with Gasteiger partial charge in [-0.05, 0) is 102 Å². The second-order valence-corrected chi connectivity index (χ2v) is 20.2. The van der Waals surface area contributed by atoms with Crippen LogP contribution < -0.4 is 34.8 Å². The van der Waals surface area contributed by atoms with Crippen molar-refractivity contribution in [3.05, 3.63) is 82.0 Å². The number of piperazine rings is 1. The molecule has 3 N–H and O–H groups in total. The van der Waals surface area contributed by atoms with E-state index in [1.807, 2.05) is 30.3 Å². The summed E-state index contributed by atoms with van der Waals surface area (Å²) in [6.07, 6.45) is 9.03. The van der Waals surface area contributed by atoms with E-state index >= 15 is 0 Å². The maximum atomic E-state index is 12.6. The first-order valence-electron chi connectivity index (χ1n) is 22.2. The lowest BCUT2D eigenvalue weighted by atomic mass is 9.90. The summed E-state index contributed by atoms with van der Waals surface area (Å²) in [5, 5.41) is 9.22. The number of para-hydroxylation sites is 1. The molecule has 0 radical (unpaired) electrons. The second kappa shape index (κ2) is 18.3. The number of aryl methyl sites for hydroxylation is 1. The van der Waals surface area contributed by atoms with Crippen molar-refractivity contribution in [1.82, 2.24) is 25.1 Å². The van der Waals surface area contributed by atoms with Crippen LogP contribution in [0.2, 0.25) is 0 Å². The van der Waals surface area contributed by atoms with Crippen molar-refractivity contribution in [2.75, 3.05) is 97.0 Å². The van der Waals surface area contributed by atoms with Gasteiger partial charge >= 0.3 is 0 Å². The van der Waals surface area contributed by atoms with Crippen LogP contribution in [0, 0.1) is 6.92 Å². The molecule has 1 aromatic heterocycles. The fraction of sp³-hybridized carbons (Fsp3) is 0.478. The van der Waals surface area contributed by atoms with E-state index in [0.29, 0.717) is 71.3 Å². The Labute approximate surface area is 378 Å². The quantitative estimate of drug-likeness (QED) is 0.148. The molecule has 4 saturated heterocycles. The number of ether oxygens (including phenoxy) is 1. The minimum absolute atomic E-state index is 0.175. The second-order valence-electron chi connectivity index (χ2n) is 17.5. The van der Waals surface area contributed by atoms with Crippen molar-refractivity contribution >= 4 is 78.0 Å². The third-order valence-electron chi connectivity index (χ3n) is 13.6. The first kappa shape index (κ1) is 43.3. The molecular weight excluding hydrogens is 885 g/mol. The number of benzene rings is 3. The molecule has 0 spiro atoms. The molecule has 17 heteroatoms. The lowest BCUT2D eigenvalue weighted by Gasteiger charge is -2.46. The SMILES string of the molecule is COc1cc(N2CCC(N3CCN(C4CCN(c5cccc(C6CCC(=O)NC6=O)c5)CC4)CC3)CC2)c(C)cc1Nc1ncc(Br)c(Nc2cccc3c2N(S(C)(=O)=O)CC3)n1. The van der Waals surface area contributed by atoms with Crippen molar-refractivity contribution in [2.24, 2.45) is 0 Å². The van der Waals surface area contributed by atoms with Gasteiger partial charge in [-0.25, -0.2) is 13.4 Å². The number of halogens is 1. The molecule has 3 aromatic carbocycles. The molecule has 6 heterocycles. The molecule has 334 valence electrons. The van der Waals surface area contributed by atoms with Gasteiger partial charge in [0.25, 0.3) is 0 Å². The molecule has 4 aromatic rings. The number of amides is 2. The third kappa shape index (κ3) is 9.33. The van der Waals surface area contributed by atoms with E-state index < -0.39 is 10.0 Å². The lowest BCUT2D eigenvalue weighted by Crippen LogP contribution is -2.56. The van der Waals surface area contributed by atoms with Crippen LogP contribution in [-0.4, -0.2) is 124 Å². The van der Waals surface area contributed by atoms with Crippen LogP contribution in [0.1, 0.15) is 61.1 Å². The lowest BCUT2D eigenvalue weighted by molar-refractivity contribution is -0.134. The molecule has 4 fully saturated rings. The number of methoxy groups -OCH3 is 1. The molecule has 15 nitrogen and oxygen atoms in total. The minimum atomic E-state index is -3.44. The largest absolute Gasteiger partial charge is 0.494 e. The number of fused-ring (bicyclic) bond motifs is 1. The van der Waals surface area contributed by atoms with Crippen LogP contribution in [0.25, 0.3) is 0 Å². The van der Waals surface area contributed by atoms with Gasteiger partial charge < -0.3 is 25.2 Å². The highest BCUT2D eigenvalue weighted by molar-refractivity contribution is 9.10. The Balaban J connectivity index is 0.767. The molecule has 0 bridgehead atoms. The number of imide groups is 1. The van der Waals surface area contributed by atoms with E-state index in [1.54, 1.807) is 13.3 Å². The maximum absolute atomic E-state index is 12.6. The van der Waals surface area contributed by atoms with Crippen LogP contribution in [0.15, 0.2) is 65.3 Å². The van der Waals surface area contributed by atoms with E-state index in [0.717, 1.165) is 100 Å². The summed E-state index contributed by atoms with van der Waals surface area (Å²) in [5.41, 5.74) is 7.51. The maximum Gasteiger partial charge on any atom is 0.234 e. The number of carbonyl (C=O) groups is 2. The van der Waals surface area contributed by atoms with Gasteiger partial charge in [-0.15, -0.1) is 0 Å². The Morgan fingerprint density at radius 1 is 0.794 bits per heavy atom. The number of hydrogen-bond acceptors (Lipinski definition) is 13. The zero-order valence-electron chi connectivity index (χ0n) is 36.3. The Hall–Kier alpha value is -4.97. The van der Waals surface area contributed by atoms with Crippen molar-refractivity contribution in [3.8, 4) is 5.75 Å². The van der Waals surface area contributed by atoms with Crippen LogP contribution >= 0.6 is 15.9 Å². The molecule has 63 heavy (non-hydrogen) atoms. The number of rotatable bonds is 11. The molecule has 1 atom stereocenters. The van der Waals surface area contributed by atoms with Crippen LogP contribution in [0.3, 0.4) is 0 Å². The van der Waals surface area contributed by atoms with Gasteiger partial charge in [-0.1, -0.05) is 24.3 Å². The highest BCUT2D eigenvalue weighted by Gasteiger charge is 2.34. The summed E-state index contributed by atoms with van der Waals surface area (Å²) in [7, 11) is -1.76. The van der Waals surface area contributed by atoms with Crippen molar-refractivity contribution in [1.29, 1.82) is 0 Å². The number of nitrogens with one attached hydrogen (secondary N) is 3. The number of sulfonamides is 1. The van der Waals surface area contributed by atoms with Crippen LogP contribution in [-0.2, 0) is 26.0 Å². The smallest absolute Gasteiger partial charge is 0.234 e. The molecule has 5 aliphatic heterocycles. The predicted molar refractivity (Wildman–Crippen MR) is 252 cm³/mol. The minimum Gasteiger partial charge on any atom is -0.494 e. The summed E-state index contributed by atoms with van der Waals surface area (Å²) in [4.78, 5) is 43.9. The molecule has 2 amide bonds. The van der Waals surface area contributed by atoms with Crippen molar-refractivity contribution in [3.63, 3.8) is 0 Å². The van der Waals surface area contributed by atoms with Crippen LogP contribution in [0.4, 0.5) is 40.2 Å². The molecule has 5 aliphatic rings. The summed E-state index contributed by atoms with van der Waals surface area (Å²) >= 11 is 3.57. The van der Waals surface area contributed by atoms with E-state index in [4.69, 9.17) is 9.72 Å². The Morgan fingerprint density at radius 3 is 2.14 bits per heavy atom. The zero-order valence-corrected chi connectivity index (χ0v) is 38.7. The molecule has 0 saturated carbocycles. The summed E-state index contributed by atoms with van der Waals surface area (Å²) < 4.78 is 33.2. The summed E-state index contributed by atoms with van der Waals surface area (Å²) in [6.45, 7) is 10.9. The van der Waals surface area contributed by atoms with Gasteiger partial charge in [-0.2, -0.15) is 4.98 Å². The van der Waals surface area contributed by atoms with Gasteiger partial charge in [0.1, 0.15) is 11.6 Å². The van der Waals surface area contributed by atoms with E-state index in [2.05, 4.69) is 87.7 Å². The predicted octanol–water partition coefficient (Wildman–Crippen LogP) is 6.14. The normalized spacial score (nSPS) is 20.8. The van der Waals surface area contributed by atoms with Crippen LogP contribution in [0.5, 0.6) is 5.75 Å². The monoisotopic (exact) mass is 940 g/mol. The van der Waals surface area contributed by atoms with Gasteiger partial charge in [0, 0.05) is 101 Å². The standard InChI is InChI=1S/C46H57BrN10O5S/c1-30-26-39(50-46-48-29-37(47)44(52-46)49-38-9-5-6-31-12-21-57(43(31)38)63(3,60)61)41(62-2)28-40(30)56-19-15-34(16-20-56)55-24-22-54(23-25-55)33-13-17-53(18-14-33)35-8-4-7-32(27-35)36-10-11-42(58)51-45(36)59/h4-9,26-29,33-34,36H,10-25H2,1-3H3,(H,51,58,59)(H2,48,49,50,52). The fourth-order valence-electron chi connectivity index (χ4n) is 10.3. The summed E-state index contributed by atoms with van der Waals surface area (Å²) in [6, 6.07) is 19.5. The van der Waals surface area contributed by atoms with Crippen molar-refractivity contribution in [2.45, 2.75) is 69.9 Å². The Kier molecular flexibility index (Phi) is 12.5. The number of nitrogens with zero attached hydrogens (tertiary/aromatic N) is 7. The molecule has 9 rings (SSSR count). The molecule has 1 unspecified atom stereocenters. The van der Waals surface area contributed by atoms with E-state index in [1.165, 1.54) is 21.9 Å². The highest BCUT2D eigenvalue weighted by Crippen LogP contribution is 2.41. The number of hydrogen-bond donors (Lipinski definition) is 3. The number of carbonyl (C=O) groups excluding carboxylic acids is 2. The first-order valence-corrected chi connectivity index (χ1v) is 24.8. The Bertz CT molecular complexity index is 2470.